The molecule has 13 heavy (non-hydrogen) atoms. The Morgan fingerprint density at radius 2 is 1.85 bits per heavy atom. The van der Waals surface area contributed by atoms with Gasteiger partial charge in [0.1, 0.15) is 0 Å². The fourth-order valence-corrected chi connectivity index (χ4v) is 2.13. The van der Waals surface area contributed by atoms with Crippen LogP contribution in [0.5, 0.6) is 0 Å². The van der Waals surface area contributed by atoms with Crippen molar-refractivity contribution < 1.29 is 4.74 Å². The van der Waals surface area contributed by atoms with Crippen LogP contribution in [-0.4, -0.2) is 26.3 Å². The van der Waals surface area contributed by atoms with E-state index in [2.05, 4.69) is 11.4 Å². The van der Waals surface area contributed by atoms with Crippen molar-refractivity contribution in [3.8, 4) is 0 Å². The van der Waals surface area contributed by atoms with Crippen molar-refractivity contribution in [2.45, 2.75) is 25.7 Å². The van der Waals surface area contributed by atoms with Crippen LogP contribution in [0.3, 0.4) is 0 Å². The third kappa shape index (κ3) is 2.82. The molecule has 0 unspecified atom stereocenters. The van der Waals surface area contributed by atoms with Crippen LogP contribution in [0.25, 0.3) is 0 Å². The van der Waals surface area contributed by atoms with Gasteiger partial charge in [-0.05, 0) is 44.7 Å². The number of allylic oxidation sites excluding steroid dienone is 1. The predicted molar refractivity (Wildman–Crippen MR) is 53.7 cm³/mol. The van der Waals surface area contributed by atoms with E-state index in [9.17, 15) is 0 Å². The molecule has 74 valence electrons. The summed E-state index contributed by atoms with van der Waals surface area (Å²) in [5.74, 6) is 0.807. The highest BCUT2D eigenvalue weighted by Gasteiger charge is 2.13. The summed E-state index contributed by atoms with van der Waals surface area (Å²) in [5, 5.41) is 3.39. The van der Waals surface area contributed by atoms with E-state index in [1.807, 2.05) is 0 Å². The highest BCUT2D eigenvalue weighted by Crippen LogP contribution is 2.21. The lowest BCUT2D eigenvalue weighted by atomic mass is 9.94. The second-order valence-corrected chi connectivity index (χ2v) is 4.02. The Hall–Kier alpha value is -0.340. The molecule has 2 heterocycles. The van der Waals surface area contributed by atoms with Gasteiger partial charge in [0.25, 0.3) is 0 Å². The third-order valence-electron chi connectivity index (χ3n) is 2.98. The van der Waals surface area contributed by atoms with Crippen LogP contribution >= 0.6 is 0 Å². The summed E-state index contributed by atoms with van der Waals surface area (Å²) in [6.45, 7) is 4.28. The van der Waals surface area contributed by atoms with Crippen molar-refractivity contribution in [3.63, 3.8) is 0 Å². The molecular formula is C11H19NO. The molecular weight excluding hydrogens is 162 g/mol. The smallest absolute Gasteiger partial charge is 0.0471 e. The second-order valence-electron chi connectivity index (χ2n) is 4.02. The zero-order valence-corrected chi connectivity index (χ0v) is 8.22. The van der Waals surface area contributed by atoms with Crippen molar-refractivity contribution in [2.24, 2.45) is 5.92 Å². The number of piperidine rings is 1. The SMILES string of the molecule is C(=C1CCNCC1)C1CCOCC1. The van der Waals surface area contributed by atoms with Crippen molar-refractivity contribution in [3.05, 3.63) is 11.6 Å². The van der Waals surface area contributed by atoms with Crippen molar-refractivity contribution in [1.82, 2.24) is 5.32 Å². The number of rotatable bonds is 1. The normalized spacial score (nSPS) is 26.0. The van der Waals surface area contributed by atoms with E-state index in [0.717, 1.165) is 19.1 Å². The van der Waals surface area contributed by atoms with E-state index in [0.29, 0.717) is 0 Å². The molecule has 0 aromatic heterocycles. The van der Waals surface area contributed by atoms with Crippen LogP contribution in [0, 0.1) is 5.92 Å². The molecule has 0 spiro atoms. The molecule has 2 aliphatic rings. The Morgan fingerprint density at radius 1 is 1.15 bits per heavy atom. The van der Waals surface area contributed by atoms with E-state index in [1.165, 1.54) is 38.8 Å². The number of nitrogens with one attached hydrogen (secondary N) is 1. The average molecular weight is 181 g/mol. The average Bonchev–Trinajstić information content (AvgIpc) is 2.21. The fraction of sp³-hybridized carbons (Fsp3) is 0.818. The molecule has 0 bridgehead atoms. The van der Waals surface area contributed by atoms with Gasteiger partial charge in [0.2, 0.25) is 0 Å². The number of hydrogen-bond donors (Lipinski definition) is 1. The maximum Gasteiger partial charge on any atom is 0.0471 e. The summed E-state index contributed by atoms with van der Waals surface area (Å²) >= 11 is 0. The van der Waals surface area contributed by atoms with Crippen molar-refractivity contribution in [2.75, 3.05) is 26.3 Å². The highest BCUT2D eigenvalue weighted by atomic mass is 16.5. The Labute approximate surface area is 80.4 Å². The fourth-order valence-electron chi connectivity index (χ4n) is 2.13. The molecule has 1 N–H and O–H groups in total. The first kappa shape index (κ1) is 9.22. The van der Waals surface area contributed by atoms with Crippen LogP contribution in [0.15, 0.2) is 11.6 Å². The van der Waals surface area contributed by atoms with Gasteiger partial charge >= 0.3 is 0 Å². The minimum Gasteiger partial charge on any atom is -0.381 e. The first-order valence-electron chi connectivity index (χ1n) is 5.43. The molecule has 2 aliphatic heterocycles. The summed E-state index contributed by atoms with van der Waals surface area (Å²) in [5.41, 5.74) is 1.67. The van der Waals surface area contributed by atoms with E-state index in [4.69, 9.17) is 4.74 Å². The van der Waals surface area contributed by atoms with Gasteiger partial charge in [-0.2, -0.15) is 0 Å². The maximum absolute atomic E-state index is 5.35. The molecule has 0 saturated carbocycles. The Morgan fingerprint density at radius 3 is 2.54 bits per heavy atom. The summed E-state index contributed by atoms with van der Waals surface area (Å²) < 4.78 is 5.35. The molecule has 0 aliphatic carbocycles. The first-order valence-corrected chi connectivity index (χ1v) is 5.43. The van der Waals surface area contributed by atoms with Gasteiger partial charge in [-0.3, -0.25) is 0 Å². The van der Waals surface area contributed by atoms with Crippen molar-refractivity contribution in [1.29, 1.82) is 0 Å². The topological polar surface area (TPSA) is 21.3 Å². The van der Waals surface area contributed by atoms with E-state index >= 15 is 0 Å². The molecule has 2 nitrogen and oxygen atoms in total. The molecule has 0 aromatic rings. The molecule has 2 rings (SSSR count). The molecule has 0 radical (unpaired) electrons. The van der Waals surface area contributed by atoms with Crippen LogP contribution in [0.4, 0.5) is 0 Å². The van der Waals surface area contributed by atoms with Crippen molar-refractivity contribution >= 4 is 0 Å². The van der Waals surface area contributed by atoms with Gasteiger partial charge in [0, 0.05) is 13.2 Å². The summed E-state index contributed by atoms with van der Waals surface area (Å²) in [7, 11) is 0. The van der Waals surface area contributed by atoms with Gasteiger partial charge in [0.15, 0.2) is 0 Å². The monoisotopic (exact) mass is 181 g/mol. The van der Waals surface area contributed by atoms with Gasteiger partial charge in [-0.1, -0.05) is 11.6 Å². The quantitative estimate of drug-likeness (QED) is 0.622. The highest BCUT2D eigenvalue weighted by molar-refractivity contribution is 5.07. The number of ether oxygens (including phenoxy) is 1. The second kappa shape index (κ2) is 4.77. The number of hydrogen-bond acceptors (Lipinski definition) is 2. The van der Waals surface area contributed by atoms with Gasteiger partial charge < -0.3 is 10.1 Å². The lowest BCUT2D eigenvalue weighted by Gasteiger charge is -2.22. The Bertz CT molecular complexity index is 175. The van der Waals surface area contributed by atoms with E-state index in [1.54, 1.807) is 5.57 Å². The maximum atomic E-state index is 5.35. The minimum atomic E-state index is 0.807. The summed E-state index contributed by atoms with van der Waals surface area (Å²) in [6, 6.07) is 0. The zero-order chi connectivity index (χ0) is 8.93. The Balaban J connectivity index is 1.85. The largest absolute Gasteiger partial charge is 0.381 e. The minimum absolute atomic E-state index is 0.807. The van der Waals surface area contributed by atoms with Crippen LogP contribution in [0.1, 0.15) is 25.7 Å². The lowest BCUT2D eigenvalue weighted by Crippen LogP contribution is -2.24. The molecule has 2 saturated heterocycles. The standard InChI is InChI=1S/C11H19NO/c1-5-12-6-2-10(1)9-11-3-7-13-8-4-11/h9,11-12H,1-8H2. The van der Waals surface area contributed by atoms with Crippen LogP contribution in [0.2, 0.25) is 0 Å². The predicted octanol–water partition coefficient (Wildman–Crippen LogP) is 1.72. The first-order chi connectivity index (χ1) is 6.45. The van der Waals surface area contributed by atoms with Crippen LogP contribution in [-0.2, 0) is 4.74 Å². The van der Waals surface area contributed by atoms with Crippen LogP contribution < -0.4 is 5.32 Å². The van der Waals surface area contributed by atoms with E-state index < -0.39 is 0 Å². The van der Waals surface area contributed by atoms with E-state index in [-0.39, 0.29) is 0 Å². The Kier molecular flexibility index (Phi) is 3.39. The molecule has 0 aromatic carbocycles. The third-order valence-corrected chi connectivity index (χ3v) is 2.98. The molecule has 2 fully saturated rings. The summed E-state index contributed by atoms with van der Waals surface area (Å²) in [4.78, 5) is 0. The molecule has 0 amide bonds. The van der Waals surface area contributed by atoms with Gasteiger partial charge in [-0.15, -0.1) is 0 Å². The summed E-state index contributed by atoms with van der Waals surface area (Å²) in [6.07, 6.45) is 7.51. The molecule has 2 heteroatoms. The molecule has 0 atom stereocenters. The zero-order valence-electron chi connectivity index (χ0n) is 8.22. The van der Waals surface area contributed by atoms with Gasteiger partial charge in [-0.25, -0.2) is 0 Å². The lowest BCUT2D eigenvalue weighted by molar-refractivity contribution is 0.0782. The van der Waals surface area contributed by atoms with Gasteiger partial charge in [0.05, 0.1) is 0 Å².